The van der Waals surface area contributed by atoms with Crippen LogP contribution in [-0.4, -0.2) is 25.2 Å². The van der Waals surface area contributed by atoms with E-state index in [9.17, 15) is 9.18 Å². The molecule has 1 heterocycles. The molecule has 2 aromatic rings. The molecule has 0 bridgehead atoms. The summed E-state index contributed by atoms with van der Waals surface area (Å²) in [6, 6.07) is 11.1. The van der Waals surface area contributed by atoms with Crippen molar-refractivity contribution >= 4 is 11.6 Å². The van der Waals surface area contributed by atoms with Crippen molar-refractivity contribution in [3.63, 3.8) is 0 Å². The molecule has 0 saturated carbocycles. The number of hydrogen-bond donors (Lipinski definition) is 1. The Morgan fingerprint density at radius 1 is 1.17 bits per heavy atom. The molecule has 120 valence electrons. The number of amides is 1. The summed E-state index contributed by atoms with van der Waals surface area (Å²) in [5.41, 5.74) is 0.559. The van der Waals surface area contributed by atoms with E-state index >= 15 is 0 Å². The minimum Gasteiger partial charge on any atom is -0.486 e. The van der Waals surface area contributed by atoms with Gasteiger partial charge in [-0.05, 0) is 31.2 Å². The smallest absolute Gasteiger partial charge is 0.265 e. The van der Waals surface area contributed by atoms with E-state index in [0.717, 1.165) is 0 Å². The Morgan fingerprint density at radius 2 is 1.91 bits per heavy atom. The molecule has 1 atom stereocenters. The Morgan fingerprint density at radius 3 is 2.70 bits per heavy atom. The molecule has 23 heavy (non-hydrogen) atoms. The van der Waals surface area contributed by atoms with Crippen molar-refractivity contribution in [3.05, 3.63) is 48.3 Å². The number of carbonyl (C=O) groups is 1. The van der Waals surface area contributed by atoms with Crippen LogP contribution in [0.15, 0.2) is 42.5 Å². The third-order valence-corrected chi connectivity index (χ3v) is 3.32. The molecule has 0 radical (unpaired) electrons. The zero-order valence-electron chi connectivity index (χ0n) is 12.5. The van der Waals surface area contributed by atoms with Gasteiger partial charge in [0.1, 0.15) is 13.2 Å². The van der Waals surface area contributed by atoms with Crippen molar-refractivity contribution < 1.29 is 23.4 Å². The number of hydrogen-bond acceptors (Lipinski definition) is 4. The van der Waals surface area contributed by atoms with Crippen LogP contribution in [0.1, 0.15) is 6.92 Å². The fraction of sp³-hybridized carbons (Fsp3) is 0.235. The van der Waals surface area contributed by atoms with E-state index in [4.69, 9.17) is 14.2 Å². The molecule has 0 unspecified atom stereocenters. The van der Waals surface area contributed by atoms with Crippen molar-refractivity contribution in [3.8, 4) is 17.2 Å². The topological polar surface area (TPSA) is 56.8 Å². The zero-order chi connectivity index (χ0) is 16.2. The number of para-hydroxylation sites is 1. The second-order valence-electron chi connectivity index (χ2n) is 5.04. The molecule has 0 fully saturated rings. The third-order valence-electron chi connectivity index (χ3n) is 3.32. The Hall–Kier alpha value is -2.76. The summed E-state index contributed by atoms with van der Waals surface area (Å²) < 4.78 is 29.8. The highest BCUT2D eigenvalue weighted by atomic mass is 19.1. The number of rotatable bonds is 4. The van der Waals surface area contributed by atoms with E-state index in [1.807, 2.05) is 0 Å². The molecule has 1 aliphatic heterocycles. The molecule has 0 aromatic heterocycles. The second kappa shape index (κ2) is 6.56. The summed E-state index contributed by atoms with van der Waals surface area (Å²) in [7, 11) is 0. The van der Waals surface area contributed by atoms with Gasteiger partial charge in [-0.15, -0.1) is 0 Å². The number of fused-ring (bicyclic) bond motifs is 1. The Kier molecular flexibility index (Phi) is 4.32. The predicted octanol–water partition coefficient (Wildman–Crippen LogP) is 3.00. The molecule has 5 nitrogen and oxygen atoms in total. The van der Waals surface area contributed by atoms with Crippen LogP contribution >= 0.6 is 0 Å². The highest BCUT2D eigenvalue weighted by molar-refractivity contribution is 5.94. The van der Waals surface area contributed by atoms with Gasteiger partial charge in [-0.3, -0.25) is 4.79 Å². The number of halogens is 1. The lowest BCUT2D eigenvalue weighted by molar-refractivity contribution is -0.122. The maximum Gasteiger partial charge on any atom is 0.265 e. The van der Waals surface area contributed by atoms with Crippen molar-refractivity contribution in [2.75, 3.05) is 18.5 Å². The molecule has 0 saturated heterocycles. The van der Waals surface area contributed by atoms with Crippen LogP contribution in [-0.2, 0) is 4.79 Å². The number of benzene rings is 2. The van der Waals surface area contributed by atoms with Crippen LogP contribution in [0.4, 0.5) is 10.1 Å². The lowest BCUT2D eigenvalue weighted by Gasteiger charge is -2.19. The predicted molar refractivity (Wildman–Crippen MR) is 82.6 cm³/mol. The first kappa shape index (κ1) is 15.1. The molecular formula is C17H16FNO4. The van der Waals surface area contributed by atoms with Gasteiger partial charge in [0.05, 0.1) is 0 Å². The third kappa shape index (κ3) is 3.53. The van der Waals surface area contributed by atoms with E-state index in [0.29, 0.717) is 30.4 Å². The summed E-state index contributed by atoms with van der Waals surface area (Å²) >= 11 is 0. The summed E-state index contributed by atoms with van der Waals surface area (Å²) in [4.78, 5) is 12.2. The van der Waals surface area contributed by atoms with Crippen molar-refractivity contribution in [1.82, 2.24) is 0 Å². The van der Waals surface area contributed by atoms with Crippen LogP contribution in [0.5, 0.6) is 17.2 Å². The summed E-state index contributed by atoms with van der Waals surface area (Å²) in [5, 5.41) is 2.71. The van der Waals surface area contributed by atoms with E-state index in [-0.39, 0.29) is 11.7 Å². The largest absolute Gasteiger partial charge is 0.486 e. The molecule has 3 rings (SSSR count). The Labute approximate surface area is 133 Å². The van der Waals surface area contributed by atoms with Crippen LogP contribution in [0, 0.1) is 5.82 Å². The highest BCUT2D eigenvalue weighted by Gasteiger charge is 2.18. The van der Waals surface area contributed by atoms with Crippen LogP contribution < -0.4 is 19.5 Å². The molecule has 0 aliphatic carbocycles. The van der Waals surface area contributed by atoms with E-state index in [1.54, 1.807) is 37.3 Å². The van der Waals surface area contributed by atoms with Gasteiger partial charge in [0.25, 0.3) is 5.91 Å². The normalized spacial score (nSPS) is 14.0. The summed E-state index contributed by atoms with van der Waals surface area (Å²) in [5.74, 6) is 0.371. The summed E-state index contributed by atoms with van der Waals surface area (Å²) in [6.45, 7) is 2.53. The number of carbonyl (C=O) groups excluding carboxylic acids is 1. The quantitative estimate of drug-likeness (QED) is 0.942. The first-order chi connectivity index (χ1) is 11.1. The molecule has 2 aromatic carbocycles. The van der Waals surface area contributed by atoms with Crippen molar-refractivity contribution in [1.29, 1.82) is 0 Å². The Balaban J connectivity index is 1.65. The average Bonchev–Trinajstić information content (AvgIpc) is 2.56. The molecule has 1 amide bonds. The number of nitrogens with one attached hydrogen (secondary N) is 1. The number of anilines is 1. The van der Waals surface area contributed by atoms with Crippen LogP contribution in [0.3, 0.4) is 0 Å². The maximum atomic E-state index is 13.5. The fourth-order valence-electron chi connectivity index (χ4n) is 2.15. The lowest BCUT2D eigenvalue weighted by Crippen LogP contribution is -2.30. The molecule has 1 N–H and O–H groups in total. The Bertz CT molecular complexity index is 719. The first-order valence-electron chi connectivity index (χ1n) is 7.25. The van der Waals surface area contributed by atoms with E-state index < -0.39 is 11.9 Å². The monoisotopic (exact) mass is 317 g/mol. The molecular weight excluding hydrogens is 301 g/mol. The maximum absolute atomic E-state index is 13.5. The van der Waals surface area contributed by atoms with E-state index in [2.05, 4.69) is 5.32 Å². The van der Waals surface area contributed by atoms with Crippen molar-refractivity contribution in [2.45, 2.75) is 13.0 Å². The van der Waals surface area contributed by atoms with Crippen molar-refractivity contribution in [2.24, 2.45) is 0 Å². The minimum atomic E-state index is -0.847. The standard InChI is InChI=1S/C17H16FNO4/c1-11(23-14-5-3-2-4-13(14)18)17(20)19-12-6-7-15-16(10-12)22-9-8-21-15/h2-7,10-11H,8-9H2,1H3,(H,19,20)/t11-/m1/s1. The second-order valence-corrected chi connectivity index (χ2v) is 5.04. The lowest BCUT2D eigenvalue weighted by atomic mass is 10.2. The van der Waals surface area contributed by atoms with Gasteiger partial charge < -0.3 is 19.5 Å². The average molecular weight is 317 g/mol. The van der Waals surface area contributed by atoms with Gasteiger partial charge in [-0.2, -0.15) is 0 Å². The van der Waals surface area contributed by atoms with E-state index in [1.165, 1.54) is 12.1 Å². The molecule has 0 spiro atoms. The van der Waals surface area contributed by atoms with Gasteiger partial charge >= 0.3 is 0 Å². The van der Waals surface area contributed by atoms with Crippen LogP contribution in [0.25, 0.3) is 0 Å². The highest BCUT2D eigenvalue weighted by Crippen LogP contribution is 2.32. The molecule has 1 aliphatic rings. The molecule has 6 heteroatoms. The van der Waals surface area contributed by atoms with Gasteiger partial charge in [0.15, 0.2) is 29.2 Å². The summed E-state index contributed by atoms with van der Waals surface area (Å²) in [6.07, 6.45) is -0.847. The fourth-order valence-corrected chi connectivity index (χ4v) is 2.15. The van der Waals surface area contributed by atoms with Gasteiger partial charge in [-0.25, -0.2) is 4.39 Å². The van der Waals surface area contributed by atoms with Gasteiger partial charge in [-0.1, -0.05) is 12.1 Å². The van der Waals surface area contributed by atoms with Gasteiger partial charge in [0.2, 0.25) is 0 Å². The van der Waals surface area contributed by atoms with Gasteiger partial charge in [0, 0.05) is 11.8 Å². The minimum absolute atomic E-state index is 0.0392. The zero-order valence-corrected chi connectivity index (χ0v) is 12.5. The first-order valence-corrected chi connectivity index (χ1v) is 7.25. The SMILES string of the molecule is C[C@@H](Oc1ccccc1F)C(=O)Nc1ccc2c(c1)OCCO2. The number of ether oxygens (including phenoxy) is 3. The van der Waals surface area contributed by atoms with Crippen LogP contribution in [0.2, 0.25) is 0 Å².